The van der Waals surface area contributed by atoms with Crippen LogP contribution in [0.15, 0.2) is 12.7 Å². The Kier molecular flexibility index (Phi) is 3.17. The molecule has 13 heavy (non-hydrogen) atoms. The smallest absolute Gasteiger partial charge is 0.188 e. The van der Waals surface area contributed by atoms with E-state index in [2.05, 4.69) is 16.9 Å². The van der Waals surface area contributed by atoms with E-state index in [1.807, 2.05) is 6.07 Å². The summed E-state index contributed by atoms with van der Waals surface area (Å²) in [6.07, 6.45) is 1.69. The Hall–Kier alpha value is -1.67. The molecule has 1 aromatic heterocycles. The van der Waals surface area contributed by atoms with E-state index in [9.17, 15) is 0 Å². The molecule has 0 aliphatic carbocycles. The van der Waals surface area contributed by atoms with Crippen molar-refractivity contribution in [1.29, 1.82) is 5.26 Å². The fourth-order valence-corrected chi connectivity index (χ4v) is 0.968. The third kappa shape index (κ3) is 1.92. The molecule has 1 aromatic rings. The van der Waals surface area contributed by atoms with Gasteiger partial charge in [0.1, 0.15) is 11.8 Å². The van der Waals surface area contributed by atoms with Crippen molar-refractivity contribution in [2.75, 3.05) is 7.11 Å². The first-order valence-corrected chi connectivity index (χ1v) is 3.75. The highest BCUT2D eigenvalue weighted by atomic mass is 16.5. The zero-order chi connectivity index (χ0) is 9.68. The normalized spacial score (nSPS) is 9.54. The van der Waals surface area contributed by atoms with Crippen LogP contribution in [0.4, 0.5) is 0 Å². The topological polar surface area (TPSA) is 63.7 Å². The summed E-state index contributed by atoms with van der Waals surface area (Å²) in [5.41, 5.74) is 0.994. The molecule has 1 rings (SSSR count). The maximum Gasteiger partial charge on any atom is 0.188 e. The van der Waals surface area contributed by atoms with E-state index in [-0.39, 0.29) is 0 Å². The second-order valence-electron chi connectivity index (χ2n) is 2.40. The molecule has 0 amide bonds. The summed E-state index contributed by atoms with van der Waals surface area (Å²) in [7, 11) is 1.56. The Bertz CT molecular complexity index is 336. The summed E-state index contributed by atoms with van der Waals surface area (Å²) >= 11 is 0. The minimum atomic E-state index is 0.309. The van der Waals surface area contributed by atoms with Crippen LogP contribution < -0.4 is 0 Å². The van der Waals surface area contributed by atoms with Crippen LogP contribution in [0.2, 0.25) is 0 Å². The van der Waals surface area contributed by atoms with Gasteiger partial charge in [-0.15, -0.1) is 11.7 Å². The van der Waals surface area contributed by atoms with Crippen LogP contribution >= 0.6 is 0 Å². The third-order valence-corrected chi connectivity index (χ3v) is 1.53. The van der Waals surface area contributed by atoms with Gasteiger partial charge >= 0.3 is 0 Å². The number of allylic oxidation sites excluding steroid dienone is 1. The van der Waals surface area contributed by atoms with Gasteiger partial charge in [-0.25, -0.2) is 4.68 Å². The first-order chi connectivity index (χ1) is 6.33. The average Bonchev–Trinajstić information content (AvgIpc) is 2.50. The molecule has 0 fully saturated rings. The Morgan fingerprint density at radius 2 is 2.54 bits per heavy atom. The van der Waals surface area contributed by atoms with Crippen molar-refractivity contribution in [3.8, 4) is 6.07 Å². The van der Waals surface area contributed by atoms with Crippen molar-refractivity contribution in [2.45, 2.75) is 13.2 Å². The van der Waals surface area contributed by atoms with Gasteiger partial charge in [-0.2, -0.15) is 5.26 Å². The molecular formula is C8H10N4O. The minimum absolute atomic E-state index is 0.309. The van der Waals surface area contributed by atoms with E-state index >= 15 is 0 Å². The number of aromatic nitrogens is 3. The van der Waals surface area contributed by atoms with Gasteiger partial charge in [-0.1, -0.05) is 11.3 Å². The van der Waals surface area contributed by atoms with E-state index < -0.39 is 0 Å². The van der Waals surface area contributed by atoms with Gasteiger partial charge in [-0.3, -0.25) is 0 Å². The summed E-state index contributed by atoms with van der Waals surface area (Å²) in [5.74, 6) is 0. The zero-order valence-electron chi connectivity index (χ0n) is 7.40. The van der Waals surface area contributed by atoms with Gasteiger partial charge in [0.25, 0.3) is 0 Å². The van der Waals surface area contributed by atoms with Gasteiger partial charge in [0.2, 0.25) is 0 Å². The predicted molar refractivity (Wildman–Crippen MR) is 45.6 cm³/mol. The first-order valence-electron chi connectivity index (χ1n) is 3.75. The molecule has 0 atom stereocenters. The molecule has 0 radical (unpaired) electrons. The van der Waals surface area contributed by atoms with Crippen molar-refractivity contribution in [3.63, 3.8) is 0 Å². The van der Waals surface area contributed by atoms with Crippen LogP contribution in [-0.2, 0) is 17.9 Å². The van der Waals surface area contributed by atoms with Gasteiger partial charge < -0.3 is 4.74 Å². The SMILES string of the molecule is C=CCn1nnc(C#N)c1COC. The molecular weight excluding hydrogens is 168 g/mol. The van der Waals surface area contributed by atoms with Crippen molar-refractivity contribution < 1.29 is 4.74 Å². The van der Waals surface area contributed by atoms with Gasteiger partial charge in [0, 0.05) is 7.11 Å². The lowest BCUT2D eigenvalue weighted by Crippen LogP contribution is -2.05. The largest absolute Gasteiger partial charge is 0.378 e. The summed E-state index contributed by atoms with van der Waals surface area (Å²) in [4.78, 5) is 0. The molecule has 0 bridgehead atoms. The van der Waals surface area contributed by atoms with Crippen LogP contribution in [0.3, 0.4) is 0 Å². The second-order valence-corrected chi connectivity index (χ2v) is 2.40. The minimum Gasteiger partial charge on any atom is -0.378 e. The van der Waals surface area contributed by atoms with E-state index in [1.165, 1.54) is 0 Å². The van der Waals surface area contributed by atoms with E-state index in [1.54, 1.807) is 17.9 Å². The van der Waals surface area contributed by atoms with Crippen molar-refractivity contribution in [1.82, 2.24) is 15.0 Å². The highest BCUT2D eigenvalue weighted by Crippen LogP contribution is 2.05. The summed E-state index contributed by atoms with van der Waals surface area (Å²) in [6, 6.07) is 1.95. The Morgan fingerprint density at radius 1 is 1.77 bits per heavy atom. The highest BCUT2D eigenvalue weighted by Gasteiger charge is 2.10. The number of nitrogens with zero attached hydrogens (tertiary/aromatic N) is 4. The molecule has 0 saturated carbocycles. The molecule has 5 heteroatoms. The molecule has 0 N–H and O–H groups in total. The van der Waals surface area contributed by atoms with Crippen molar-refractivity contribution in [2.24, 2.45) is 0 Å². The Balaban J connectivity index is 3.00. The summed E-state index contributed by atoms with van der Waals surface area (Å²) < 4.78 is 6.52. The van der Waals surface area contributed by atoms with Crippen LogP contribution in [0, 0.1) is 11.3 Å². The monoisotopic (exact) mass is 178 g/mol. The van der Waals surface area contributed by atoms with Gasteiger partial charge in [-0.05, 0) is 0 Å². The van der Waals surface area contributed by atoms with Crippen molar-refractivity contribution >= 4 is 0 Å². The van der Waals surface area contributed by atoms with Gasteiger partial charge in [0.15, 0.2) is 5.69 Å². The van der Waals surface area contributed by atoms with Crippen LogP contribution in [0.5, 0.6) is 0 Å². The molecule has 0 spiro atoms. The highest BCUT2D eigenvalue weighted by molar-refractivity contribution is 5.24. The number of ether oxygens (including phenoxy) is 1. The summed E-state index contributed by atoms with van der Waals surface area (Å²) in [6.45, 7) is 4.45. The number of hydrogen-bond acceptors (Lipinski definition) is 4. The van der Waals surface area contributed by atoms with E-state index in [0.29, 0.717) is 24.5 Å². The predicted octanol–water partition coefficient (Wildman–Crippen LogP) is 0.482. The zero-order valence-corrected chi connectivity index (χ0v) is 7.40. The van der Waals surface area contributed by atoms with Crippen LogP contribution in [0.25, 0.3) is 0 Å². The lowest BCUT2D eigenvalue weighted by atomic mass is 10.3. The Labute approximate surface area is 76.2 Å². The van der Waals surface area contributed by atoms with E-state index in [4.69, 9.17) is 10.00 Å². The van der Waals surface area contributed by atoms with E-state index in [0.717, 1.165) is 0 Å². The quantitative estimate of drug-likeness (QED) is 0.629. The number of hydrogen-bond donors (Lipinski definition) is 0. The van der Waals surface area contributed by atoms with Crippen LogP contribution in [0.1, 0.15) is 11.4 Å². The molecule has 68 valence electrons. The molecule has 0 aliphatic heterocycles. The van der Waals surface area contributed by atoms with Crippen molar-refractivity contribution in [3.05, 3.63) is 24.0 Å². The Morgan fingerprint density at radius 3 is 3.08 bits per heavy atom. The van der Waals surface area contributed by atoms with Gasteiger partial charge in [0.05, 0.1) is 13.2 Å². The first kappa shape index (κ1) is 9.42. The lowest BCUT2D eigenvalue weighted by molar-refractivity contribution is 0.177. The molecule has 0 saturated heterocycles. The number of methoxy groups -OCH3 is 1. The fourth-order valence-electron chi connectivity index (χ4n) is 0.968. The number of nitriles is 1. The average molecular weight is 178 g/mol. The third-order valence-electron chi connectivity index (χ3n) is 1.53. The molecule has 0 aromatic carbocycles. The maximum atomic E-state index is 8.68. The molecule has 0 unspecified atom stereocenters. The summed E-state index contributed by atoms with van der Waals surface area (Å²) in [5, 5.41) is 16.2. The standard InChI is InChI=1S/C8H10N4O/c1-3-4-12-8(6-13-2)7(5-9)10-11-12/h3H,1,4,6H2,2H3. The molecule has 5 nitrogen and oxygen atoms in total. The molecule has 1 heterocycles. The second kappa shape index (κ2) is 4.38. The van der Waals surface area contributed by atoms with Crippen LogP contribution in [-0.4, -0.2) is 22.1 Å². The molecule has 0 aliphatic rings. The maximum absolute atomic E-state index is 8.68. The fraction of sp³-hybridized carbons (Fsp3) is 0.375. The number of rotatable bonds is 4. The lowest BCUT2D eigenvalue weighted by Gasteiger charge is -2.01.